The van der Waals surface area contributed by atoms with Crippen LogP contribution in [0.2, 0.25) is 0 Å². The number of furan rings is 1. The zero-order chi connectivity index (χ0) is 25.3. The predicted octanol–water partition coefficient (Wildman–Crippen LogP) is 6.98. The summed E-state index contributed by atoms with van der Waals surface area (Å²) in [4.78, 5) is 23.3. The second-order valence-corrected chi connectivity index (χ2v) is 8.55. The molecular formula is C28H26N2O5. The summed E-state index contributed by atoms with van der Waals surface area (Å²) in [6, 6.07) is 14.5. The third-order valence-corrected chi connectivity index (χ3v) is 6.06. The molecule has 0 atom stereocenters. The van der Waals surface area contributed by atoms with Crippen LogP contribution in [0.4, 0.5) is 11.4 Å². The number of non-ortho nitro benzene ring substituents is 1. The molecule has 3 aromatic carbocycles. The molecule has 4 aromatic rings. The number of benzene rings is 3. The minimum Gasteiger partial charge on any atom is -0.496 e. The van der Waals surface area contributed by atoms with Crippen LogP contribution in [0.25, 0.3) is 27.7 Å². The van der Waals surface area contributed by atoms with E-state index in [0.29, 0.717) is 22.6 Å². The van der Waals surface area contributed by atoms with E-state index in [4.69, 9.17) is 9.15 Å². The van der Waals surface area contributed by atoms with Crippen LogP contribution in [0.3, 0.4) is 0 Å². The number of nitrogens with zero attached hydrogens (tertiary/aromatic N) is 1. The van der Waals surface area contributed by atoms with Crippen molar-refractivity contribution in [3.8, 4) is 16.9 Å². The lowest BCUT2D eigenvalue weighted by Gasteiger charge is -2.13. The topological polar surface area (TPSA) is 94.6 Å². The Morgan fingerprint density at radius 1 is 1.09 bits per heavy atom. The molecule has 0 saturated carbocycles. The van der Waals surface area contributed by atoms with Gasteiger partial charge in [0.05, 0.1) is 18.3 Å². The van der Waals surface area contributed by atoms with Gasteiger partial charge in [0.2, 0.25) is 5.91 Å². The molecule has 1 heterocycles. The van der Waals surface area contributed by atoms with Crippen LogP contribution in [0, 0.1) is 30.9 Å². The quantitative estimate of drug-likeness (QED) is 0.186. The first-order chi connectivity index (χ1) is 16.7. The molecule has 0 radical (unpaired) electrons. The number of methoxy groups -OCH3 is 1. The molecule has 7 nitrogen and oxygen atoms in total. The maximum Gasteiger partial charge on any atom is 0.269 e. The van der Waals surface area contributed by atoms with Crippen LogP contribution in [-0.2, 0) is 4.79 Å². The van der Waals surface area contributed by atoms with Gasteiger partial charge in [-0.25, -0.2) is 0 Å². The largest absolute Gasteiger partial charge is 0.496 e. The van der Waals surface area contributed by atoms with Gasteiger partial charge in [0, 0.05) is 46.0 Å². The van der Waals surface area contributed by atoms with E-state index in [1.54, 1.807) is 20.3 Å². The highest BCUT2D eigenvalue weighted by molar-refractivity contribution is 6.06. The third kappa shape index (κ3) is 4.66. The molecule has 0 aliphatic rings. The van der Waals surface area contributed by atoms with Crippen molar-refractivity contribution in [3.05, 3.63) is 93.2 Å². The number of hydrogen-bond donors (Lipinski definition) is 1. The van der Waals surface area contributed by atoms with Gasteiger partial charge in [0.1, 0.15) is 11.3 Å². The Labute approximate surface area is 203 Å². The Hall–Kier alpha value is -4.39. The number of allylic oxidation sites excluding steroid dienone is 1. The summed E-state index contributed by atoms with van der Waals surface area (Å²) in [6.07, 6.45) is 3.24. The van der Waals surface area contributed by atoms with Gasteiger partial charge in [-0.15, -0.1) is 0 Å². The molecule has 0 fully saturated rings. The van der Waals surface area contributed by atoms with Crippen LogP contribution in [0.15, 0.2) is 65.3 Å². The van der Waals surface area contributed by atoms with Crippen LogP contribution in [-0.4, -0.2) is 17.9 Å². The van der Waals surface area contributed by atoms with Crippen molar-refractivity contribution in [1.82, 2.24) is 0 Å². The third-order valence-electron chi connectivity index (χ3n) is 6.06. The van der Waals surface area contributed by atoms with Crippen molar-refractivity contribution < 1.29 is 18.9 Å². The molecule has 0 saturated heterocycles. The lowest BCUT2D eigenvalue weighted by molar-refractivity contribution is -0.384. The Morgan fingerprint density at radius 2 is 1.80 bits per heavy atom. The molecule has 4 rings (SSSR count). The molecule has 7 heteroatoms. The van der Waals surface area contributed by atoms with Gasteiger partial charge < -0.3 is 14.5 Å². The number of fused-ring (bicyclic) bond motifs is 1. The summed E-state index contributed by atoms with van der Waals surface area (Å²) in [6.45, 7) is 7.53. The molecule has 0 aliphatic carbocycles. The minimum atomic E-state index is -0.464. The number of aryl methyl sites for hydroxylation is 3. The first kappa shape index (κ1) is 23.8. The van der Waals surface area contributed by atoms with Crippen molar-refractivity contribution in [1.29, 1.82) is 0 Å². The van der Waals surface area contributed by atoms with Gasteiger partial charge in [-0.05, 0) is 56.5 Å². The standard InChI is InChI=1S/C28H26N2O5/c1-16-6-8-20(9-7-16)24-15-35-28-19(4)27(34-5)22(14-23(24)28)17(2)13-26(31)29-25-11-10-21(30(32)33)12-18(25)3/h6-15H,1-5H3,(H,29,31)/b17-13+. The van der Waals surface area contributed by atoms with Crippen molar-refractivity contribution in [2.75, 3.05) is 12.4 Å². The Balaban J connectivity index is 1.72. The second kappa shape index (κ2) is 9.46. The molecular weight excluding hydrogens is 444 g/mol. The zero-order valence-corrected chi connectivity index (χ0v) is 20.3. The molecule has 0 unspecified atom stereocenters. The fourth-order valence-electron chi connectivity index (χ4n) is 4.17. The average molecular weight is 471 g/mol. The van der Waals surface area contributed by atoms with Gasteiger partial charge in [0.25, 0.3) is 5.69 Å². The van der Waals surface area contributed by atoms with Gasteiger partial charge in [0.15, 0.2) is 0 Å². The highest BCUT2D eigenvalue weighted by Gasteiger charge is 2.19. The van der Waals surface area contributed by atoms with Gasteiger partial charge in [-0.1, -0.05) is 29.8 Å². The second-order valence-electron chi connectivity index (χ2n) is 8.55. The fraction of sp³-hybridized carbons (Fsp3) is 0.179. The van der Waals surface area contributed by atoms with Crippen molar-refractivity contribution >= 4 is 33.8 Å². The number of ether oxygens (including phenoxy) is 1. The Morgan fingerprint density at radius 3 is 2.43 bits per heavy atom. The monoisotopic (exact) mass is 470 g/mol. The lowest BCUT2D eigenvalue weighted by atomic mass is 9.96. The molecule has 1 aromatic heterocycles. The van der Waals surface area contributed by atoms with Gasteiger partial charge >= 0.3 is 0 Å². The van der Waals surface area contributed by atoms with E-state index < -0.39 is 4.92 Å². The molecule has 0 bridgehead atoms. The Bertz CT molecular complexity index is 1480. The molecule has 0 spiro atoms. The fourth-order valence-corrected chi connectivity index (χ4v) is 4.17. The van der Waals surface area contributed by atoms with E-state index in [1.165, 1.54) is 29.8 Å². The number of hydrogen-bond acceptors (Lipinski definition) is 5. The van der Waals surface area contributed by atoms with Crippen LogP contribution in [0.5, 0.6) is 5.75 Å². The number of amides is 1. The summed E-state index contributed by atoms with van der Waals surface area (Å²) < 4.78 is 11.6. The van der Waals surface area contributed by atoms with Crippen LogP contribution in [0.1, 0.15) is 29.2 Å². The smallest absolute Gasteiger partial charge is 0.269 e. The van der Waals surface area contributed by atoms with E-state index >= 15 is 0 Å². The van der Waals surface area contributed by atoms with E-state index in [1.807, 2.05) is 26.8 Å². The first-order valence-electron chi connectivity index (χ1n) is 11.1. The number of nitrogens with one attached hydrogen (secondary N) is 1. The van der Waals surface area contributed by atoms with E-state index in [-0.39, 0.29) is 11.6 Å². The highest BCUT2D eigenvalue weighted by atomic mass is 16.6. The number of rotatable bonds is 6. The number of carbonyl (C=O) groups excluding carboxylic acids is 1. The lowest BCUT2D eigenvalue weighted by Crippen LogP contribution is -2.10. The van der Waals surface area contributed by atoms with E-state index in [0.717, 1.165) is 33.2 Å². The van der Waals surface area contributed by atoms with E-state index in [9.17, 15) is 14.9 Å². The van der Waals surface area contributed by atoms with Crippen LogP contribution < -0.4 is 10.1 Å². The first-order valence-corrected chi connectivity index (χ1v) is 11.1. The number of nitro groups is 1. The molecule has 0 aliphatic heterocycles. The van der Waals surface area contributed by atoms with Crippen LogP contribution >= 0.6 is 0 Å². The summed E-state index contributed by atoms with van der Waals surface area (Å²) in [5.74, 6) is 0.292. The normalized spacial score (nSPS) is 11.5. The highest BCUT2D eigenvalue weighted by Crippen LogP contribution is 2.40. The maximum absolute atomic E-state index is 12.8. The SMILES string of the molecule is COc1c(/C(C)=C/C(=O)Nc2ccc([N+](=O)[O-])cc2C)cc2c(-c3ccc(C)cc3)coc2c1C. The minimum absolute atomic E-state index is 0.0229. The van der Waals surface area contributed by atoms with Gasteiger partial charge in [-0.3, -0.25) is 14.9 Å². The van der Waals surface area contributed by atoms with Crippen molar-refractivity contribution in [3.63, 3.8) is 0 Å². The van der Waals surface area contributed by atoms with Crippen molar-refractivity contribution in [2.45, 2.75) is 27.7 Å². The molecule has 1 N–H and O–H groups in total. The molecule has 35 heavy (non-hydrogen) atoms. The average Bonchev–Trinajstić information content (AvgIpc) is 3.25. The molecule has 178 valence electrons. The summed E-state index contributed by atoms with van der Waals surface area (Å²) in [5, 5.41) is 14.7. The number of carbonyl (C=O) groups is 1. The summed E-state index contributed by atoms with van der Waals surface area (Å²) >= 11 is 0. The predicted molar refractivity (Wildman–Crippen MR) is 138 cm³/mol. The number of anilines is 1. The van der Waals surface area contributed by atoms with Crippen molar-refractivity contribution in [2.24, 2.45) is 0 Å². The maximum atomic E-state index is 12.8. The van der Waals surface area contributed by atoms with Gasteiger partial charge in [-0.2, -0.15) is 0 Å². The zero-order valence-electron chi connectivity index (χ0n) is 20.3. The summed E-state index contributed by atoms with van der Waals surface area (Å²) in [7, 11) is 1.59. The number of nitro benzene ring substituents is 1. The molecule has 1 amide bonds. The van der Waals surface area contributed by atoms with E-state index in [2.05, 4.69) is 29.6 Å². The Kier molecular flexibility index (Phi) is 6.42. The summed E-state index contributed by atoms with van der Waals surface area (Å²) in [5.41, 5.74) is 7.34.